The molecule has 1 fully saturated rings. The number of aliphatic imine (C=N–C) groups is 1. The van der Waals surface area contributed by atoms with E-state index in [-0.39, 0.29) is 5.91 Å². The molecule has 0 aromatic heterocycles. The van der Waals surface area contributed by atoms with Crippen molar-refractivity contribution in [2.75, 3.05) is 23.3 Å². The third-order valence-electron chi connectivity index (χ3n) is 6.58. The van der Waals surface area contributed by atoms with Crippen LogP contribution in [0.3, 0.4) is 0 Å². The summed E-state index contributed by atoms with van der Waals surface area (Å²) in [6.07, 6.45) is 7.50. The number of benzene rings is 2. The first-order chi connectivity index (χ1) is 14.6. The largest absolute Gasteiger partial charge is 0.370 e. The molecule has 4 heteroatoms. The summed E-state index contributed by atoms with van der Waals surface area (Å²) in [6.45, 7) is 8.15. The Labute approximate surface area is 180 Å². The van der Waals surface area contributed by atoms with Gasteiger partial charge in [0.25, 0.3) is 5.91 Å². The maximum atomic E-state index is 12.9. The van der Waals surface area contributed by atoms with Crippen molar-refractivity contribution in [3.05, 3.63) is 53.1 Å². The third-order valence-corrected chi connectivity index (χ3v) is 6.58. The lowest BCUT2D eigenvalue weighted by Gasteiger charge is -2.25. The van der Waals surface area contributed by atoms with Crippen LogP contribution in [0.4, 0.5) is 17.1 Å². The number of hydrogen-bond donors (Lipinski definition) is 1. The number of anilines is 2. The van der Waals surface area contributed by atoms with Gasteiger partial charge < -0.3 is 10.2 Å². The second-order valence-electron chi connectivity index (χ2n) is 8.61. The number of aryl methyl sites for hydroxylation is 1. The summed E-state index contributed by atoms with van der Waals surface area (Å²) in [6, 6.07) is 12.1. The SMILES string of the molecule is CCN(CC)c1cc2c(cc1NC(=O)c1ccc(C)cc1)N=C(C1CCCCC1)C2. The zero-order chi connectivity index (χ0) is 21.1. The number of fused-ring (bicyclic) bond motifs is 1. The van der Waals surface area contributed by atoms with Crippen LogP contribution in [0, 0.1) is 12.8 Å². The molecule has 1 saturated carbocycles. The molecule has 0 saturated heterocycles. The highest BCUT2D eigenvalue weighted by Crippen LogP contribution is 2.40. The Hall–Kier alpha value is -2.62. The summed E-state index contributed by atoms with van der Waals surface area (Å²) in [4.78, 5) is 20.3. The smallest absolute Gasteiger partial charge is 0.255 e. The highest BCUT2D eigenvalue weighted by Gasteiger charge is 2.26. The normalized spacial score (nSPS) is 16.2. The monoisotopic (exact) mass is 403 g/mol. The number of amides is 1. The highest BCUT2D eigenvalue weighted by molar-refractivity contribution is 6.07. The molecule has 1 heterocycles. The van der Waals surface area contributed by atoms with Crippen LogP contribution in [-0.4, -0.2) is 24.7 Å². The molecular weight excluding hydrogens is 370 g/mol. The van der Waals surface area contributed by atoms with Crippen LogP contribution in [0.2, 0.25) is 0 Å². The molecule has 0 atom stereocenters. The fourth-order valence-corrected chi connectivity index (χ4v) is 4.75. The lowest BCUT2D eigenvalue weighted by molar-refractivity contribution is 0.102. The molecule has 2 aliphatic rings. The number of nitrogens with zero attached hydrogens (tertiary/aromatic N) is 2. The van der Waals surface area contributed by atoms with Gasteiger partial charge in [-0.25, -0.2) is 0 Å². The van der Waals surface area contributed by atoms with Crippen molar-refractivity contribution in [2.24, 2.45) is 10.9 Å². The second kappa shape index (κ2) is 9.03. The Morgan fingerprint density at radius 1 is 1.07 bits per heavy atom. The molecule has 2 aromatic carbocycles. The van der Waals surface area contributed by atoms with E-state index in [1.54, 1.807) is 0 Å². The van der Waals surface area contributed by atoms with Gasteiger partial charge in [-0.15, -0.1) is 0 Å². The van der Waals surface area contributed by atoms with Gasteiger partial charge in [-0.2, -0.15) is 0 Å². The molecule has 0 spiro atoms. The van der Waals surface area contributed by atoms with Crippen LogP contribution < -0.4 is 10.2 Å². The minimum atomic E-state index is -0.0714. The Morgan fingerprint density at radius 2 is 1.77 bits per heavy atom. The van der Waals surface area contributed by atoms with Crippen molar-refractivity contribution in [3.63, 3.8) is 0 Å². The van der Waals surface area contributed by atoms with Crippen LogP contribution in [0.1, 0.15) is 67.4 Å². The molecule has 30 heavy (non-hydrogen) atoms. The van der Waals surface area contributed by atoms with E-state index in [0.717, 1.165) is 42.1 Å². The Kier molecular flexibility index (Phi) is 6.21. The molecule has 0 unspecified atom stereocenters. The van der Waals surface area contributed by atoms with Crippen molar-refractivity contribution in [1.82, 2.24) is 0 Å². The van der Waals surface area contributed by atoms with E-state index in [1.165, 1.54) is 43.4 Å². The number of nitrogens with one attached hydrogen (secondary N) is 1. The summed E-state index contributed by atoms with van der Waals surface area (Å²) in [7, 11) is 0. The minimum Gasteiger partial charge on any atom is -0.370 e. The third kappa shape index (κ3) is 4.28. The topological polar surface area (TPSA) is 44.7 Å². The molecule has 2 aromatic rings. The van der Waals surface area contributed by atoms with E-state index in [9.17, 15) is 4.79 Å². The maximum absolute atomic E-state index is 12.9. The first-order valence-electron chi connectivity index (χ1n) is 11.5. The van der Waals surface area contributed by atoms with Crippen LogP contribution >= 0.6 is 0 Å². The molecule has 1 amide bonds. The molecule has 4 nitrogen and oxygen atoms in total. The molecule has 4 rings (SSSR count). The summed E-state index contributed by atoms with van der Waals surface area (Å²) in [5, 5.41) is 3.17. The Bertz CT molecular complexity index is 935. The molecule has 0 bridgehead atoms. The van der Waals surface area contributed by atoms with Crippen LogP contribution in [0.5, 0.6) is 0 Å². The standard InChI is InChI=1S/C26H33N3O/c1-4-29(5-2)25-16-21-15-22(19-9-7-6-8-10-19)27-23(21)17-24(25)28-26(30)20-13-11-18(3)12-14-20/h11-14,16-17,19H,4-10,15H2,1-3H3,(H,28,30). The Morgan fingerprint density at radius 3 is 2.43 bits per heavy atom. The zero-order valence-corrected chi connectivity index (χ0v) is 18.5. The first-order valence-corrected chi connectivity index (χ1v) is 11.5. The van der Waals surface area contributed by atoms with Crippen LogP contribution in [0.25, 0.3) is 0 Å². The van der Waals surface area contributed by atoms with Gasteiger partial charge in [-0.1, -0.05) is 37.0 Å². The number of rotatable bonds is 6. The first kappa shape index (κ1) is 20.6. The maximum Gasteiger partial charge on any atom is 0.255 e. The van der Waals surface area contributed by atoms with Gasteiger partial charge in [0.15, 0.2) is 0 Å². The van der Waals surface area contributed by atoms with Gasteiger partial charge in [0, 0.05) is 30.8 Å². The average Bonchev–Trinajstić information content (AvgIpc) is 3.19. The number of hydrogen-bond acceptors (Lipinski definition) is 3. The average molecular weight is 404 g/mol. The predicted molar refractivity (Wildman–Crippen MR) is 127 cm³/mol. The number of carbonyl (C=O) groups excluding carboxylic acids is 1. The van der Waals surface area contributed by atoms with E-state index < -0.39 is 0 Å². The molecule has 1 aliphatic heterocycles. The van der Waals surface area contributed by atoms with Gasteiger partial charge in [-0.05, 0) is 69.4 Å². The van der Waals surface area contributed by atoms with Crippen LogP contribution in [-0.2, 0) is 6.42 Å². The van der Waals surface area contributed by atoms with Crippen molar-refractivity contribution < 1.29 is 4.79 Å². The summed E-state index contributed by atoms with van der Waals surface area (Å²) in [5.74, 6) is 0.562. The van der Waals surface area contributed by atoms with Crippen molar-refractivity contribution >= 4 is 28.7 Å². The fraction of sp³-hybridized carbons (Fsp3) is 0.462. The van der Waals surface area contributed by atoms with Crippen molar-refractivity contribution in [1.29, 1.82) is 0 Å². The quantitative estimate of drug-likeness (QED) is 0.615. The van der Waals surface area contributed by atoms with Gasteiger partial charge in [0.1, 0.15) is 0 Å². The van der Waals surface area contributed by atoms with E-state index in [2.05, 4.69) is 36.2 Å². The van der Waals surface area contributed by atoms with Crippen LogP contribution in [0.15, 0.2) is 41.4 Å². The van der Waals surface area contributed by atoms with Crippen molar-refractivity contribution in [2.45, 2.75) is 59.3 Å². The lowest BCUT2D eigenvalue weighted by atomic mass is 9.84. The molecule has 158 valence electrons. The summed E-state index contributed by atoms with van der Waals surface area (Å²) < 4.78 is 0. The predicted octanol–water partition coefficient (Wildman–Crippen LogP) is 6.30. The molecule has 1 aliphatic carbocycles. The second-order valence-corrected chi connectivity index (χ2v) is 8.61. The Balaban J connectivity index is 1.64. The minimum absolute atomic E-state index is 0.0714. The fourth-order valence-electron chi connectivity index (χ4n) is 4.75. The molecule has 1 N–H and O–H groups in total. The molecule has 0 radical (unpaired) electrons. The summed E-state index contributed by atoms with van der Waals surface area (Å²) in [5.41, 5.74) is 7.46. The summed E-state index contributed by atoms with van der Waals surface area (Å²) >= 11 is 0. The van der Waals surface area contributed by atoms with Gasteiger partial charge >= 0.3 is 0 Å². The van der Waals surface area contributed by atoms with E-state index in [0.29, 0.717) is 11.5 Å². The zero-order valence-electron chi connectivity index (χ0n) is 18.5. The van der Waals surface area contributed by atoms with Gasteiger partial charge in [0.2, 0.25) is 0 Å². The number of carbonyl (C=O) groups is 1. The van der Waals surface area contributed by atoms with E-state index in [4.69, 9.17) is 4.99 Å². The van der Waals surface area contributed by atoms with E-state index >= 15 is 0 Å². The molecular formula is C26H33N3O. The van der Waals surface area contributed by atoms with Gasteiger partial charge in [-0.3, -0.25) is 9.79 Å². The lowest BCUT2D eigenvalue weighted by Crippen LogP contribution is -2.24. The van der Waals surface area contributed by atoms with Gasteiger partial charge in [0.05, 0.1) is 17.1 Å². The van der Waals surface area contributed by atoms with E-state index in [1.807, 2.05) is 31.2 Å². The van der Waals surface area contributed by atoms with Crippen molar-refractivity contribution in [3.8, 4) is 0 Å². The highest BCUT2D eigenvalue weighted by atomic mass is 16.1.